The van der Waals surface area contributed by atoms with Crippen molar-refractivity contribution in [3.63, 3.8) is 0 Å². The van der Waals surface area contributed by atoms with Crippen molar-refractivity contribution in [1.82, 2.24) is 19.9 Å². The van der Waals surface area contributed by atoms with Gasteiger partial charge in [0.25, 0.3) is 11.5 Å². The second-order valence-corrected chi connectivity index (χ2v) is 7.41. The molecule has 0 aliphatic rings. The number of carbonyl (C=O) groups is 1. The molecule has 2 aromatic heterocycles. The van der Waals surface area contributed by atoms with Gasteiger partial charge in [-0.15, -0.1) is 0 Å². The Morgan fingerprint density at radius 2 is 1.80 bits per heavy atom. The summed E-state index contributed by atoms with van der Waals surface area (Å²) in [6.07, 6.45) is 0. The minimum Gasteiger partial charge on any atom is -0.339 e. The standard InChI is InChI=1S/C22H21N5O3/c1-13(2)12-27-22(29)16-9-5-4-8-15(16)19(25-27)21(28)24-18-11-7-6-10-17(18)20-23-14(3)30-26-20/h4-11,13H,12H2,1-3H3,(H,24,28). The summed E-state index contributed by atoms with van der Waals surface area (Å²) in [7, 11) is 0. The van der Waals surface area contributed by atoms with E-state index in [0.717, 1.165) is 0 Å². The van der Waals surface area contributed by atoms with Crippen LogP contribution in [0.2, 0.25) is 0 Å². The maximum Gasteiger partial charge on any atom is 0.276 e. The van der Waals surface area contributed by atoms with Gasteiger partial charge < -0.3 is 9.84 Å². The number of anilines is 1. The van der Waals surface area contributed by atoms with Crippen LogP contribution < -0.4 is 10.9 Å². The summed E-state index contributed by atoms with van der Waals surface area (Å²) in [6, 6.07) is 14.2. The quantitative estimate of drug-likeness (QED) is 0.545. The fraction of sp³-hybridized carbons (Fsp3) is 0.227. The van der Waals surface area contributed by atoms with Crippen molar-refractivity contribution in [3.05, 3.63) is 70.5 Å². The predicted octanol–water partition coefficient (Wildman–Crippen LogP) is 3.66. The molecule has 1 N–H and O–H groups in total. The predicted molar refractivity (Wildman–Crippen MR) is 113 cm³/mol. The third-order valence-corrected chi connectivity index (χ3v) is 4.56. The van der Waals surface area contributed by atoms with Crippen LogP contribution in [0, 0.1) is 12.8 Å². The summed E-state index contributed by atoms with van der Waals surface area (Å²) in [5.74, 6) is 0.594. The number of hydrogen-bond donors (Lipinski definition) is 1. The van der Waals surface area contributed by atoms with Gasteiger partial charge in [-0.2, -0.15) is 10.1 Å². The van der Waals surface area contributed by atoms with Crippen molar-refractivity contribution >= 4 is 22.4 Å². The number of carbonyl (C=O) groups excluding carboxylic acids is 1. The first kappa shape index (κ1) is 19.5. The molecule has 2 heterocycles. The molecule has 0 aliphatic carbocycles. The molecule has 0 aliphatic heterocycles. The number of aromatic nitrogens is 4. The van der Waals surface area contributed by atoms with Crippen LogP contribution in [0.4, 0.5) is 5.69 Å². The van der Waals surface area contributed by atoms with Crippen molar-refractivity contribution in [2.45, 2.75) is 27.3 Å². The Morgan fingerprint density at radius 3 is 2.50 bits per heavy atom. The van der Waals surface area contributed by atoms with E-state index in [9.17, 15) is 9.59 Å². The summed E-state index contributed by atoms with van der Waals surface area (Å²) in [6.45, 7) is 6.10. The molecule has 0 saturated carbocycles. The smallest absolute Gasteiger partial charge is 0.276 e. The number of nitrogens with one attached hydrogen (secondary N) is 1. The molecular formula is C22H21N5O3. The van der Waals surface area contributed by atoms with Gasteiger partial charge in [-0.05, 0) is 24.1 Å². The van der Waals surface area contributed by atoms with E-state index in [1.54, 1.807) is 49.4 Å². The molecule has 2 aromatic carbocycles. The minimum atomic E-state index is -0.420. The first-order valence-corrected chi connectivity index (χ1v) is 9.65. The summed E-state index contributed by atoms with van der Waals surface area (Å²) in [5.41, 5.74) is 1.13. The molecular weight excluding hydrogens is 382 g/mol. The van der Waals surface area contributed by atoms with Crippen LogP contribution in [0.25, 0.3) is 22.2 Å². The molecule has 4 aromatic rings. The SMILES string of the molecule is Cc1nc(-c2ccccc2NC(=O)c2nn(CC(C)C)c(=O)c3ccccc23)no1. The number of aryl methyl sites for hydroxylation is 1. The Bertz CT molecular complexity index is 1290. The summed E-state index contributed by atoms with van der Waals surface area (Å²) >= 11 is 0. The second kappa shape index (κ2) is 7.90. The van der Waals surface area contributed by atoms with Crippen LogP contribution in [0.5, 0.6) is 0 Å². The number of hydrogen-bond acceptors (Lipinski definition) is 6. The van der Waals surface area contributed by atoms with Gasteiger partial charge in [0.2, 0.25) is 11.7 Å². The highest BCUT2D eigenvalue weighted by Crippen LogP contribution is 2.26. The van der Waals surface area contributed by atoms with Gasteiger partial charge in [-0.1, -0.05) is 49.3 Å². The maximum atomic E-state index is 13.2. The van der Waals surface area contributed by atoms with Crippen molar-refractivity contribution < 1.29 is 9.32 Å². The highest BCUT2D eigenvalue weighted by Gasteiger charge is 2.19. The molecule has 0 radical (unpaired) electrons. The summed E-state index contributed by atoms with van der Waals surface area (Å²) in [5, 5.41) is 12.2. The fourth-order valence-electron chi connectivity index (χ4n) is 3.25. The number of rotatable bonds is 5. The average molecular weight is 403 g/mol. The van der Waals surface area contributed by atoms with Gasteiger partial charge in [0, 0.05) is 24.4 Å². The van der Waals surface area contributed by atoms with E-state index in [2.05, 4.69) is 20.6 Å². The highest BCUT2D eigenvalue weighted by molar-refractivity contribution is 6.12. The van der Waals surface area contributed by atoms with E-state index in [0.29, 0.717) is 40.3 Å². The monoisotopic (exact) mass is 403 g/mol. The minimum absolute atomic E-state index is 0.185. The number of amides is 1. The van der Waals surface area contributed by atoms with Crippen LogP contribution in [0.15, 0.2) is 57.8 Å². The van der Waals surface area contributed by atoms with E-state index in [4.69, 9.17) is 4.52 Å². The lowest BCUT2D eigenvalue weighted by atomic mass is 10.1. The molecule has 0 saturated heterocycles. The zero-order valence-electron chi connectivity index (χ0n) is 16.9. The number of nitrogens with zero attached hydrogens (tertiary/aromatic N) is 4. The molecule has 0 atom stereocenters. The topological polar surface area (TPSA) is 103 Å². The largest absolute Gasteiger partial charge is 0.339 e. The van der Waals surface area contributed by atoms with Crippen molar-refractivity contribution in [2.24, 2.45) is 5.92 Å². The Balaban J connectivity index is 1.78. The summed E-state index contributed by atoms with van der Waals surface area (Å²) in [4.78, 5) is 30.2. The van der Waals surface area contributed by atoms with E-state index < -0.39 is 5.91 Å². The van der Waals surface area contributed by atoms with Crippen LogP contribution in [-0.4, -0.2) is 25.8 Å². The molecule has 0 spiro atoms. The van der Waals surface area contributed by atoms with Crippen LogP contribution in [0.3, 0.4) is 0 Å². The maximum absolute atomic E-state index is 13.2. The fourth-order valence-corrected chi connectivity index (χ4v) is 3.25. The molecule has 152 valence electrons. The van der Waals surface area contributed by atoms with E-state index >= 15 is 0 Å². The molecule has 8 heteroatoms. The van der Waals surface area contributed by atoms with Gasteiger partial charge in [0.15, 0.2) is 5.69 Å². The van der Waals surface area contributed by atoms with Gasteiger partial charge in [0.05, 0.1) is 11.1 Å². The Labute approximate surface area is 172 Å². The van der Waals surface area contributed by atoms with Crippen LogP contribution in [0.1, 0.15) is 30.2 Å². The molecule has 0 unspecified atom stereocenters. The molecule has 0 fully saturated rings. The number of benzene rings is 2. The number of fused-ring (bicyclic) bond motifs is 1. The molecule has 4 rings (SSSR count). The third-order valence-electron chi connectivity index (χ3n) is 4.56. The average Bonchev–Trinajstić information content (AvgIpc) is 3.16. The van der Waals surface area contributed by atoms with Crippen LogP contribution >= 0.6 is 0 Å². The molecule has 0 bridgehead atoms. The van der Waals surface area contributed by atoms with Gasteiger partial charge in [0.1, 0.15) is 0 Å². The lowest BCUT2D eigenvalue weighted by Crippen LogP contribution is -2.29. The second-order valence-electron chi connectivity index (χ2n) is 7.41. The highest BCUT2D eigenvalue weighted by atomic mass is 16.5. The van der Waals surface area contributed by atoms with Crippen molar-refractivity contribution in [3.8, 4) is 11.4 Å². The first-order chi connectivity index (χ1) is 14.4. The Hall–Kier alpha value is -3.81. The molecule has 1 amide bonds. The zero-order chi connectivity index (χ0) is 21.3. The Morgan fingerprint density at radius 1 is 1.10 bits per heavy atom. The third kappa shape index (κ3) is 3.71. The first-order valence-electron chi connectivity index (χ1n) is 9.65. The molecule has 8 nitrogen and oxygen atoms in total. The lowest BCUT2D eigenvalue weighted by molar-refractivity contribution is 0.102. The van der Waals surface area contributed by atoms with E-state index in [1.807, 2.05) is 19.9 Å². The van der Waals surface area contributed by atoms with Crippen molar-refractivity contribution in [1.29, 1.82) is 0 Å². The lowest BCUT2D eigenvalue weighted by Gasteiger charge is -2.13. The van der Waals surface area contributed by atoms with E-state index in [-0.39, 0.29) is 17.2 Å². The number of para-hydroxylation sites is 1. The van der Waals surface area contributed by atoms with E-state index in [1.165, 1.54) is 4.68 Å². The normalized spacial score (nSPS) is 11.2. The summed E-state index contributed by atoms with van der Waals surface area (Å²) < 4.78 is 6.42. The van der Waals surface area contributed by atoms with Crippen LogP contribution in [-0.2, 0) is 6.54 Å². The van der Waals surface area contributed by atoms with Gasteiger partial charge >= 0.3 is 0 Å². The van der Waals surface area contributed by atoms with Gasteiger partial charge in [-0.3, -0.25) is 9.59 Å². The zero-order valence-corrected chi connectivity index (χ0v) is 16.9. The van der Waals surface area contributed by atoms with Crippen molar-refractivity contribution in [2.75, 3.05) is 5.32 Å². The van der Waals surface area contributed by atoms with Gasteiger partial charge in [-0.25, -0.2) is 4.68 Å². The Kier molecular flexibility index (Phi) is 5.14. The molecule has 30 heavy (non-hydrogen) atoms.